The Labute approximate surface area is 104 Å². The van der Waals surface area contributed by atoms with Gasteiger partial charge in [-0.2, -0.15) is 0 Å². The van der Waals surface area contributed by atoms with E-state index < -0.39 is 11.2 Å². The lowest BCUT2D eigenvalue weighted by Crippen LogP contribution is -2.46. The molecule has 0 aromatic carbocycles. The maximum atomic E-state index is 10.8. The van der Waals surface area contributed by atoms with E-state index in [1.807, 2.05) is 13.8 Å². The molecule has 0 spiro atoms. The summed E-state index contributed by atoms with van der Waals surface area (Å²) >= 11 is 0. The summed E-state index contributed by atoms with van der Waals surface area (Å²) in [4.78, 5) is 0. The van der Waals surface area contributed by atoms with E-state index in [-0.39, 0.29) is 5.60 Å². The van der Waals surface area contributed by atoms with Gasteiger partial charge in [-0.25, -0.2) is 0 Å². The van der Waals surface area contributed by atoms with Gasteiger partial charge < -0.3 is 14.6 Å². The minimum atomic E-state index is -0.720. The van der Waals surface area contributed by atoms with E-state index >= 15 is 0 Å². The van der Waals surface area contributed by atoms with Crippen molar-refractivity contribution in [1.82, 2.24) is 0 Å². The lowest BCUT2D eigenvalue weighted by atomic mass is 9.78. The Hall–Kier alpha value is -0.120. The molecule has 0 aliphatic carbocycles. The van der Waals surface area contributed by atoms with Crippen LogP contribution in [0, 0.1) is 0 Å². The second-order valence-corrected chi connectivity index (χ2v) is 6.75. The van der Waals surface area contributed by atoms with E-state index in [0.29, 0.717) is 12.5 Å². The highest BCUT2D eigenvalue weighted by molar-refractivity contribution is 5.06. The molecule has 2 heterocycles. The summed E-state index contributed by atoms with van der Waals surface area (Å²) in [6, 6.07) is 0. The van der Waals surface area contributed by atoms with E-state index in [1.165, 1.54) is 0 Å². The molecule has 1 N–H and O–H groups in total. The van der Waals surface area contributed by atoms with Crippen LogP contribution < -0.4 is 0 Å². The van der Waals surface area contributed by atoms with Crippen LogP contribution in [0.5, 0.6) is 0 Å². The van der Waals surface area contributed by atoms with Gasteiger partial charge in [-0.1, -0.05) is 0 Å². The first-order chi connectivity index (χ1) is 7.74. The zero-order valence-electron chi connectivity index (χ0n) is 11.6. The van der Waals surface area contributed by atoms with Crippen LogP contribution in [-0.2, 0) is 9.47 Å². The van der Waals surface area contributed by atoms with Crippen molar-refractivity contribution in [2.75, 3.05) is 6.61 Å². The van der Waals surface area contributed by atoms with Gasteiger partial charge in [0.15, 0.2) is 0 Å². The molecule has 0 amide bonds. The number of hydrogen-bond donors (Lipinski definition) is 1. The summed E-state index contributed by atoms with van der Waals surface area (Å²) < 4.78 is 11.6. The van der Waals surface area contributed by atoms with Crippen LogP contribution in [0.3, 0.4) is 0 Å². The Balaban J connectivity index is 1.97. The molecule has 2 aliphatic rings. The van der Waals surface area contributed by atoms with Crippen molar-refractivity contribution < 1.29 is 14.6 Å². The molecule has 0 radical (unpaired) electrons. The molecule has 2 saturated heterocycles. The van der Waals surface area contributed by atoms with Gasteiger partial charge in [0, 0.05) is 13.0 Å². The molecule has 3 nitrogen and oxygen atoms in total. The minimum absolute atomic E-state index is 0.227. The van der Waals surface area contributed by atoms with Crippen LogP contribution in [0.15, 0.2) is 0 Å². The largest absolute Gasteiger partial charge is 0.387 e. The van der Waals surface area contributed by atoms with E-state index in [0.717, 1.165) is 32.3 Å². The van der Waals surface area contributed by atoms with Crippen molar-refractivity contribution in [2.24, 2.45) is 0 Å². The van der Waals surface area contributed by atoms with E-state index in [2.05, 4.69) is 13.8 Å². The monoisotopic (exact) mass is 242 g/mol. The van der Waals surface area contributed by atoms with Crippen molar-refractivity contribution >= 4 is 0 Å². The van der Waals surface area contributed by atoms with Crippen LogP contribution in [0.1, 0.15) is 59.8 Å². The van der Waals surface area contributed by atoms with Gasteiger partial charge in [-0.05, 0) is 53.4 Å². The van der Waals surface area contributed by atoms with E-state index in [4.69, 9.17) is 9.47 Å². The number of aliphatic hydroxyl groups is 1. The van der Waals surface area contributed by atoms with Gasteiger partial charge in [0.05, 0.1) is 22.9 Å². The molecular formula is C14H26O3. The minimum Gasteiger partial charge on any atom is -0.387 e. The molecule has 2 unspecified atom stereocenters. The van der Waals surface area contributed by atoms with Crippen molar-refractivity contribution in [1.29, 1.82) is 0 Å². The second kappa shape index (κ2) is 4.22. The maximum absolute atomic E-state index is 10.8. The zero-order valence-corrected chi connectivity index (χ0v) is 11.6. The smallest absolute Gasteiger partial charge is 0.0959 e. The van der Waals surface area contributed by atoms with Crippen molar-refractivity contribution in [3.8, 4) is 0 Å². The molecule has 0 aromatic rings. The van der Waals surface area contributed by atoms with Gasteiger partial charge in [-0.3, -0.25) is 0 Å². The lowest BCUT2D eigenvalue weighted by Gasteiger charge is -2.35. The van der Waals surface area contributed by atoms with Crippen molar-refractivity contribution in [3.63, 3.8) is 0 Å². The number of rotatable bonds is 3. The molecule has 3 heteroatoms. The fourth-order valence-electron chi connectivity index (χ4n) is 3.40. The van der Waals surface area contributed by atoms with Crippen LogP contribution in [0.25, 0.3) is 0 Å². The topological polar surface area (TPSA) is 38.7 Å². The quantitative estimate of drug-likeness (QED) is 0.827. The summed E-state index contributed by atoms with van der Waals surface area (Å²) in [5, 5.41) is 10.8. The molecule has 0 bridgehead atoms. The average Bonchev–Trinajstić information content (AvgIpc) is 2.68. The molecule has 2 aliphatic heterocycles. The lowest BCUT2D eigenvalue weighted by molar-refractivity contribution is -0.131. The van der Waals surface area contributed by atoms with E-state index in [9.17, 15) is 5.11 Å². The van der Waals surface area contributed by atoms with Gasteiger partial charge in [0.1, 0.15) is 0 Å². The number of ether oxygens (including phenoxy) is 2. The van der Waals surface area contributed by atoms with Crippen LogP contribution >= 0.6 is 0 Å². The standard InChI is InChI=1S/C14H26O3/c1-12(2)10-14(15,13(3,4)17-12)8-7-11-6-5-9-16-11/h11,15H,5-10H2,1-4H3. The summed E-state index contributed by atoms with van der Waals surface area (Å²) in [7, 11) is 0. The molecule has 100 valence electrons. The van der Waals surface area contributed by atoms with Crippen LogP contribution in [0.2, 0.25) is 0 Å². The third kappa shape index (κ3) is 2.67. The fraction of sp³-hybridized carbons (Fsp3) is 1.00. The summed E-state index contributed by atoms with van der Waals surface area (Å²) in [6.45, 7) is 8.99. The highest BCUT2D eigenvalue weighted by Gasteiger charge is 2.55. The van der Waals surface area contributed by atoms with E-state index in [1.54, 1.807) is 0 Å². The molecule has 0 aromatic heterocycles. The molecule has 2 atom stereocenters. The molecule has 0 saturated carbocycles. The summed E-state index contributed by atoms with van der Waals surface area (Å²) in [6.07, 6.45) is 5.07. The summed E-state index contributed by atoms with van der Waals surface area (Å²) in [5.74, 6) is 0. The zero-order chi connectivity index (χ0) is 12.7. The highest BCUT2D eigenvalue weighted by Crippen LogP contribution is 2.47. The van der Waals surface area contributed by atoms with Crippen molar-refractivity contribution in [3.05, 3.63) is 0 Å². The second-order valence-electron chi connectivity index (χ2n) is 6.75. The molecular weight excluding hydrogens is 216 g/mol. The van der Waals surface area contributed by atoms with Gasteiger partial charge >= 0.3 is 0 Å². The first kappa shape index (κ1) is 13.3. The molecule has 2 rings (SSSR count). The predicted octanol–water partition coefficient (Wildman–Crippen LogP) is 2.65. The first-order valence-corrected chi connectivity index (χ1v) is 6.78. The fourth-order valence-corrected chi connectivity index (χ4v) is 3.40. The maximum Gasteiger partial charge on any atom is 0.0959 e. The number of hydrogen-bond acceptors (Lipinski definition) is 3. The Morgan fingerprint density at radius 2 is 1.94 bits per heavy atom. The normalized spacial score (nSPS) is 39.7. The third-order valence-electron chi connectivity index (χ3n) is 4.27. The molecule has 2 fully saturated rings. The molecule has 17 heavy (non-hydrogen) atoms. The van der Waals surface area contributed by atoms with Crippen LogP contribution in [-0.4, -0.2) is 34.6 Å². The Kier molecular flexibility index (Phi) is 3.30. The van der Waals surface area contributed by atoms with Gasteiger partial charge in [0.25, 0.3) is 0 Å². The summed E-state index contributed by atoms with van der Waals surface area (Å²) in [5.41, 5.74) is -1.41. The SMILES string of the molecule is CC1(C)CC(O)(CCC2CCCO2)C(C)(C)O1. The van der Waals surface area contributed by atoms with Crippen LogP contribution in [0.4, 0.5) is 0 Å². The van der Waals surface area contributed by atoms with Gasteiger partial charge in [0.2, 0.25) is 0 Å². The highest BCUT2D eigenvalue weighted by atomic mass is 16.5. The van der Waals surface area contributed by atoms with Crippen molar-refractivity contribution in [2.45, 2.75) is 82.7 Å². The predicted molar refractivity (Wildman–Crippen MR) is 67.0 cm³/mol. The Morgan fingerprint density at radius 3 is 2.41 bits per heavy atom. The van der Waals surface area contributed by atoms with Gasteiger partial charge in [-0.15, -0.1) is 0 Å². The third-order valence-corrected chi connectivity index (χ3v) is 4.27. The first-order valence-electron chi connectivity index (χ1n) is 6.78. The average molecular weight is 242 g/mol. The Morgan fingerprint density at radius 1 is 1.24 bits per heavy atom. The Bertz CT molecular complexity index is 279.